The molecule has 0 bridgehead atoms. The molecule has 4 aromatic rings. The van der Waals surface area contributed by atoms with E-state index in [9.17, 15) is 4.79 Å². The normalized spacial score (nSPS) is 10.5. The molecule has 0 aliphatic heterocycles. The summed E-state index contributed by atoms with van der Waals surface area (Å²) in [5, 5.41) is 5.03. The fourth-order valence-corrected chi connectivity index (χ4v) is 3.08. The van der Waals surface area contributed by atoms with Gasteiger partial charge in [0.2, 0.25) is 0 Å². The molecule has 0 fully saturated rings. The molecule has 0 aliphatic rings. The standard InChI is InChI=1S/C24H20N2O3/c1-28-24(27)22-23(29-16-17-8-4-2-5-9-17)21-13-12-20(14-18(21)15-25-22)26-19-10-6-3-7-11-19/h2-15,26H,16H2,1H3. The minimum absolute atomic E-state index is 0.166. The number of nitrogens with zero attached hydrogens (tertiary/aromatic N) is 1. The van der Waals surface area contributed by atoms with Crippen LogP contribution in [0.15, 0.2) is 85.1 Å². The van der Waals surface area contributed by atoms with Crippen molar-refractivity contribution in [1.82, 2.24) is 4.98 Å². The molecular formula is C24H20N2O3. The lowest BCUT2D eigenvalue weighted by Crippen LogP contribution is -2.09. The van der Waals surface area contributed by atoms with E-state index in [0.717, 1.165) is 27.7 Å². The monoisotopic (exact) mass is 384 g/mol. The van der Waals surface area contributed by atoms with Gasteiger partial charge in [0.25, 0.3) is 0 Å². The maximum atomic E-state index is 12.2. The van der Waals surface area contributed by atoms with Crippen LogP contribution in [0.25, 0.3) is 10.8 Å². The number of nitrogens with one attached hydrogen (secondary N) is 1. The van der Waals surface area contributed by atoms with Gasteiger partial charge in [-0.2, -0.15) is 0 Å². The van der Waals surface area contributed by atoms with Crippen molar-refractivity contribution in [1.29, 1.82) is 0 Å². The van der Waals surface area contributed by atoms with Gasteiger partial charge in [-0.05, 0) is 35.9 Å². The Morgan fingerprint density at radius 3 is 2.38 bits per heavy atom. The van der Waals surface area contributed by atoms with Crippen LogP contribution in [0.1, 0.15) is 16.1 Å². The van der Waals surface area contributed by atoms with Gasteiger partial charge in [-0.1, -0.05) is 48.5 Å². The number of esters is 1. The number of rotatable bonds is 6. The number of para-hydroxylation sites is 1. The first kappa shape index (κ1) is 18.5. The average Bonchev–Trinajstić information content (AvgIpc) is 2.78. The summed E-state index contributed by atoms with van der Waals surface area (Å²) in [5.74, 6) is -0.106. The summed E-state index contributed by atoms with van der Waals surface area (Å²) in [6.07, 6.45) is 1.66. The number of pyridine rings is 1. The lowest BCUT2D eigenvalue weighted by atomic mass is 10.1. The van der Waals surface area contributed by atoms with E-state index in [1.165, 1.54) is 7.11 Å². The number of methoxy groups -OCH3 is 1. The van der Waals surface area contributed by atoms with Crippen molar-refractivity contribution in [2.45, 2.75) is 6.61 Å². The third-order valence-electron chi connectivity index (χ3n) is 4.51. The van der Waals surface area contributed by atoms with Gasteiger partial charge in [0.05, 0.1) is 7.11 Å². The summed E-state index contributed by atoms with van der Waals surface area (Å²) >= 11 is 0. The van der Waals surface area contributed by atoms with Gasteiger partial charge in [0, 0.05) is 28.3 Å². The third kappa shape index (κ3) is 4.19. The van der Waals surface area contributed by atoms with Gasteiger partial charge < -0.3 is 14.8 Å². The quantitative estimate of drug-likeness (QED) is 0.455. The molecule has 0 atom stereocenters. The average molecular weight is 384 g/mol. The second kappa shape index (κ2) is 8.44. The topological polar surface area (TPSA) is 60.5 Å². The molecule has 144 valence electrons. The highest BCUT2D eigenvalue weighted by Gasteiger charge is 2.19. The van der Waals surface area contributed by atoms with Crippen molar-refractivity contribution < 1.29 is 14.3 Å². The number of hydrogen-bond donors (Lipinski definition) is 1. The van der Waals surface area contributed by atoms with Crippen LogP contribution in [0.5, 0.6) is 5.75 Å². The van der Waals surface area contributed by atoms with Gasteiger partial charge in [-0.15, -0.1) is 0 Å². The lowest BCUT2D eigenvalue weighted by Gasteiger charge is -2.14. The van der Waals surface area contributed by atoms with Crippen LogP contribution in [0, 0.1) is 0 Å². The summed E-state index contributed by atoms with van der Waals surface area (Å²) in [4.78, 5) is 16.5. The molecule has 5 nitrogen and oxygen atoms in total. The Morgan fingerprint density at radius 1 is 0.931 bits per heavy atom. The van der Waals surface area contributed by atoms with Crippen LogP contribution in [-0.2, 0) is 11.3 Å². The van der Waals surface area contributed by atoms with Crippen molar-refractivity contribution in [3.63, 3.8) is 0 Å². The maximum Gasteiger partial charge on any atom is 0.360 e. The van der Waals surface area contributed by atoms with Crippen molar-refractivity contribution in [3.8, 4) is 5.75 Å². The van der Waals surface area contributed by atoms with E-state index in [-0.39, 0.29) is 5.69 Å². The summed E-state index contributed by atoms with van der Waals surface area (Å²) in [5.41, 5.74) is 3.08. The molecule has 1 aromatic heterocycles. The van der Waals surface area contributed by atoms with E-state index in [1.807, 2.05) is 78.9 Å². The highest BCUT2D eigenvalue weighted by molar-refractivity contribution is 6.00. The number of hydrogen-bond acceptors (Lipinski definition) is 5. The predicted molar refractivity (Wildman–Crippen MR) is 114 cm³/mol. The molecule has 0 saturated carbocycles. The smallest absolute Gasteiger partial charge is 0.360 e. The number of ether oxygens (including phenoxy) is 2. The second-order valence-corrected chi connectivity index (χ2v) is 6.49. The second-order valence-electron chi connectivity index (χ2n) is 6.49. The minimum Gasteiger partial charge on any atom is -0.486 e. The van der Waals surface area contributed by atoms with Crippen LogP contribution < -0.4 is 10.1 Å². The molecule has 1 N–H and O–H groups in total. The number of fused-ring (bicyclic) bond motifs is 1. The third-order valence-corrected chi connectivity index (χ3v) is 4.51. The SMILES string of the molecule is COC(=O)c1ncc2cc(Nc3ccccc3)ccc2c1OCc1ccccc1. The molecule has 5 heteroatoms. The molecule has 1 heterocycles. The summed E-state index contributed by atoms with van der Waals surface area (Å²) < 4.78 is 10.9. The highest BCUT2D eigenvalue weighted by Crippen LogP contribution is 2.32. The first-order chi connectivity index (χ1) is 14.2. The molecule has 4 rings (SSSR count). The van der Waals surface area contributed by atoms with Crippen LogP contribution in [-0.4, -0.2) is 18.1 Å². The molecule has 0 radical (unpaired) electrons. The Morgan fingerprint density at radius 2 is 1.66 bits per heavy atom. The summed E-state index contributed by atoms with van der Waals surface area (Å²) in [6.45, 7) is 0.329. The van der Waals surface area contributed by atoms with E-state index >= 15 is 0 Å². The number of benzene rings is 3. The molecular weight excluding hydrogens is 364 g/mol. The fourth-order valence-electron chi connectivity index (χ4n) is 3.08. The zero-order chi connectivity index (χ0) is 20.1. The maximum absolute atomic E-state index is 12.2. The van der Waals surface area contributed by atoms with Crippen molar-refractivity contribution >= 4 is 28.1 Å². The van der Waals surface area contributed by atoms with Crippen molar-refractivity contribution in [2.24, 2.45) is 0 Å². The van der Waals surface area contributed by atoms with Gasteiger partial charge in [0.1, 0.15) is 6.61 Å². The number of aromatic nitrogens is 1. The Kier molecular flexibility index (Phi) is 5.38. The van der Waals surface area contributed by atoms with Crippen molar-refractivity contribution in [2.75, 3.05) is 12.4 Å². The Bertz CT molecular complexity index is 1130. The molecule has 0 saturated heterocycles. The molecule has 29 heavy (non-hydrogen) atoms. The molecule has 3 aromatic carbocycles. The van der Waals surface area contributed by atoms with E-state index in [0.29, 0.717) is 12.4 Å². The first-order valence-corrected chi connectivity index (χ1v) is 9.24. The zero-order valence-corrected chi connectivity index (χ0v) is 16.0. The fraction of sp³-hybridized carbons (Fsp3) is 0.0833. The predicted octanol–water partition coefficient (Wildman–Crippen LogP) is 5.34. The molecule has 0 amide bonds. The largest absolute Gasteiger partial charge is 0.486 e. The lowest BCUT2D eigenvalue weighted by molar-refractivity contribution is 0.0589. The van der Waals surface area contributed by atoms with E-state index in [1.54, 1.807) is 6.20 Å². The molecule has 0 aliphatic carbocycles. The highest BCUT2D eigenvalue weighted by atomic mass is 16.5. The van der Waals surface area contributed by atoms with Crippen LogP contribution >= 0.6 is 0 Å². The number of carbonyl (C=O) groups excluding carboxylic acids is 1. The van der Waals surface area contributed by atoms with E-state index in [2.05, 4.69) is 10.3 Å². The molecule has 0 spiro atoms. The van der Waals surface area contributed by atoms with Crippen LogP contribution in [0.4, 0.5) is 11.4 Å². The van der Waals surface area contributed by atoms with Gasteiger partial charge in [0.15, 0.2) is 11.4 Å². The summed E-state index contributed by atoms with van der Waals surface area (Å²) in [6, 6.07) is 25.6. The number of carbonyl (C=O) groups is 1. The van der Waals surface area contributed by atoms with Gasteiger partial charge in [-0.3, -0.25) is 0 Å². The van der Waals surface area contributed by atoms with E-state index in [4.69, 9.17) is 9.47 Å². The van der Waals surface area contributed by atoms with Crippen LogP contribution in [0.3, 0.4) is 0 Å². The van der Waals surface area contributed by atoms with E-state index < -0.39 is 5.97 Å². The molecule has 0 unspecified atom stereocenters. The van der Waals surface area contributed by atoms with Gasteiger partial charge >= 0.3 is 5.97 Å². The summed E-state index contributed by atoms with van der Waals surface area (Å²) in [7, 11) is 1.34. The van der Waals surface area contributed by atoms with Gasteiger partial charge in [-0.25, -0.2) is 9.78 Å². The zero-order valence-electron chi connectivity index (χ0n) is 16.0. The van der Waals surface area contributed by atoms with Crippen molar-refractivity contribution in [3.05, 3.63) is 96.3 Å². The Labute approximate surface area is 168 Å². The Hall–Kier alpha value is -3.86. The number of anilines is 2. The first-order valence-electron chi connectivity index (χ1n) is 9.24. The Balaban J connectivity index is 1.70. The van der Waals surface area contributed by atoms with Crippen LogP contribution in [0.2, 0.25) is 0 Å². The minimum atomic E-state index is -0.526.